The molecule has 1 saturated heterocycles. The minimum atomic E-state index is 0.800. The lowest BCUT2D eigenvalue weighted by Crippen LogP contribution is -2.29. The second kappa shape index (κ2) is 4.49. The number of benzene rings is 1. The number of piperidine rings is 1. The van der Waals surface area contributed by atoms with E-state index in [4.69, 9.17) is 0 Å². The molecule has 3 nitrogen and oxygen atoms in total. The van der Waals surface area contributed by atoms with Crippen molar-refractivity contribution in [1.82, 2.24) is 14.9 Å². The van der Waals surface area contributed by atoms with Gasteiger partial charge in [-0.25, -0.2) is 4.98 Å². The van der Waals surface area contributed by atoms with E-state index in [1.807, 2.05) is 6.33 Å². The number of hydrogen-bond donors (Lipinski definition) is 1. The zero-order valence-electron chi connectivity index (χ0n) is 10.3. The van der Waals surface area contributed by atoms with Gasteiger partial charge in [0.2, 0.25) is 0 Å². The van der Waals surface area contributed by atoms with Crippen LogP contribution in [0.3, 0.4) is 0 Å². The van der Waals surface area contributed by atoms with E-state index < -0.39 is 0 Å². The number of nitrogens with one attached hydrogen (secondary N) is 1. The van der Waals surface area contributed by atoms with Crippen LogP contribution in [0.4, 0.5) is 0 Å². The minimum Gasteiger partial charge on any atom is -0.330 e. The average molecular weight is 229 g/mol. The van der Waals surface area contributed by atoms with Crippen LogP contribution < -0.4 is 5.32 Å². The Hall–Kier alpha value is -1.35. The molecule has 0 atom stereocenters. The number of aromatic nitrogens is 2. The number of nitrogens with zero attached hydrogens (tertiary/aromatic N) is 2. The van der Waals surface area contributed by atoms with Gasteiger partial charge in [-0.1, -0.05) is 12.1 Å². The lowest BCUT2D eigenvalue weighted by molar-refractivity contribution is 0.336. The molecule has 1 aliphatic heterocycles. The minimum absolute atomic E-state index is 0.800. The van der Waals surface area contributed by atoms with E-state index in [0.717, 1.165) is 31.1 Å². The molecule has 1 aromatic carbocycles. The maximum Gasteiger partial charge on any atom is 0.0958 e. The number of rotatable bonds is 2. The fourth-order valence-electron chi connectivity index (χ4n) is 2.72. The van der Waals surface area contributed by atoms with E-state index in [1.54, 1.807) is 0 Å². The largest absolute Gasteiger partial charge is 0.330 e. The lowest BCUT2D eigenvalue weighted by Gasteiger charge is -2.23. The second-order valence-electron chi connectivity index (χ2n) is 5.03. The van der Waals surface area contributed by atoms with Gasteiger partial charge < -0.3 is 9.88 Å². The first-order valence-corrected chi connectivity index (χ1v) is 6.46. The van der Waals surface area contributed by atoms with Crippen LogP contribution in [0.2, 0.25) is 0 Å². The number of para-hydroxylation sites is 1. The van der Waals surface area contributed by atoms with Gasteiger partial charge in [0.25, 0.3) is 0 Å². The molecule has 17 heavy (non-hydrogen) atoms. The summed E-state index contributed by atoms with van der Waals surface area (Å²) in [6.07, 6.45) is 4.57. The Labute approximate surface area is 102 Å². The molecule has 0 unspecified atom stereocenters. The molecule has 0 saturated carbocycles. The third-order valence-corrected chi connectivity index (χ3v) is 3.77. The zero-order chi connectivity index (χ0) is 11.7. The molecule has 0 amide bonds. The smallest absolute Gasteiger partial charge is 0.0958 e. The summed E-state index contributed by atoms with van der Waals surface area (Å²) in [5.41, 5.74) is 3.71. The van der Waals surface area contributed by atoms with Gasteiger partial charge in [0, 0.05) is 6.54 Å². The molecule has 1 aromatic heterocycles. The lowest BCUT2D eigenvalue weighted by atomic mass is 9.98. The van der Waals surface area contributed by atoms with Crippen LogP contribution in [0.15, 0.2) is 24.5 Å². The molecule has 2 heterocycles. The van der Waals surface area contributed by atoms with Gasteiger partial charge >= 0.3 is 0 Å². The third-order valence-electron chi connectivity index (χ3n) is 3.77. The molecule has 3 rings (SSSR count). The van der Waals surface area contributed by atoms with Crippen LogP contribution >= 0.6 is 0 Å². The van der Waals surface area contributed by atoms with E-state index >= 15 is 0 Å². The summed E-state index contributed by atoms with van der Waals surface area (Å²) >= 11 is 0. The van der Waals surface area contributed by atoms with E-state index in [-0.39, 0.29) is 0 Å². The Kier molecular flexibility index (Phi) is 2.85. The fourth-order valence-corrected chi connectivity index (χ4v) is 2.72. The standard InChI is InChI=1S/C14H19N3/c1-11-3-2-4-13-14(11)16-10-17(13)9-12-5-7-15-8-6-12/h2-4,10,12,15H,5-9H2,1H3. The van der Waals surface area contributed by atoms with Crippen molar-refractivity contribution in [1.29, 1.82) is 0 Å². The van der Waals surface area contributed by atoms with Gasteiger partial charge in [-0.3, -0.25) is 0 Å². The van der Waals surface area contributed by atoms with E-state index in [9.17, 15) is 0 Å². The molecular weight excluding hydrogens is 210 g/mol. The van der Waals surface area contributed by atoms with Gasteiger partial charge in [0.05, 0.1) is 17.4 Å². The topological polar surface area (TPSA) is 29.9 Å². The van der Waals surface area contributed by atoms with Crippen LogP contribution in [0, 0.1) is 12.8 Å². The summed E-state index contributed by atoms with van der Waals surface area (Å²) in [5, 5.41) is 3.42. The molecule has 90 valence electrons. The Bertz CT molecular complexity index is 509. The number of aryl methyl sites for hydroxylation is 1. The Balaban J connectivity index is 1.87. The predicted octanol–water partition coefficient (Wildman–Crippen LogP) is 2.34. The summed E-state index contributed by atoms with van der Waals surface area (Å²) in [5.74, 6) is 0.800. The highest BCUT2D eigenvalue weighted by atomic mass is 15.0. The number of hydrogen-bond acceptors (Lipinski definition) is 2. The van der Waals surface area contributed by atoms with Gasteiger partial charge in [-0.2, -0.15) is 0 Å². The fraction of sp³-hybridized carbons (Fsp3) is 0.500. The summed E-state index contributed by atoms with van der Waals surface area (Å²) in [4.78, 5) is 4.53. The average Bonchev–Trinajstić information content (AvgIpc) is 2.76. The van der Waals surface area contributed by atoms with Crippen molar-refractivity contribution < 1.29 is 0 Å². The normalized spacial score (nSPS) is 17.7. The van der Waals surface area contributed by atoms with Crippen LogP contribution in [-0.4, -0.2) is 22.6 Å². The first-order chi connectivity index (χ1) is 8.34. The molecule has 1 N–H and O–H groups in total. The Morgan fingerprint density at radius 2 is 2.18 bits per heavy atom. The van der Waals surface area contributed by atoms with Gasteiger partial charge in [-0.15, -0.1) is 0 Å². The van der Waals surface area contributed by atoms with Crippen LogP contribution in [0.5, 0.6) is 0 Å². The maximum absolute atomic E-state index is 4.53. The van der Waals surface area contributed by atoms with Crippen LogP contribution in [0.1, 0.15) is 18.4 Å². The number of imidazole rings is 1. The number of fused-ring (bicyclic) bond motifs is 1. The first-order valence-electron chi connectivity index (χ1n) is 6.46. The SMILES string of the molecule is Cc1cccc2c1ncn2CC1CCNCC1. The van der Waals surface area contributed by atoms with Crippen LogP contribution in [-0.2, 0) is 6.54 Å². The second-order valence-corrected chi connectivity index (χ2v) is 5.03. The summed E-state index contributed by atoms with van der Waals surface area (Å²) in [6, 6.07) is 6.43. The van der Waals surface area contributed by atoms with Crippen molar-refractivity contribution in [2.45, 2.75) is 26.3 Å². The monoisotopic (exact) mass is 229 g/mol. The molecule has 0 aliphatic carbocycles. The highest BCUT2D eigenvalue weighted by Crippen LogP contribution is 2.20. The Morgan fingerprint density at radius 3 is 3.00 bits per heavy atom. The van der Waals surface area contributed by atoms with E-state index in [0.29, 0.717) is 0 Å². The van der Waals surface area contributed by atoms with Crippen molar-refractivity contribution in [2.75, 3.05) is 13.1 Å². The molecule has 0 spiro atoms. The summed E-state index contributed by atoms with van der Waals surface area (Å²) in [7, 11) is 0. The molecule has 2 aromatic rings. The van der Waals surface area contributed by atoms with Gasteiger partial charge in [-0.05, 0) is 50.4 Å². The first kappa shape index (κ1) is 10.8. The van der Waals surface area contributed by atoms with Gasteiger partial charge in [0.1, 0.15) is 0 Å². The molecule has 3 heteroatoms. The van der Waals surface area contributed by atoms with Crippen molar-refractivity contribution in [3.05, 3.63) is 30.1 Å². The highest BCUT2D eigenvalue weighted by Gasteiger charge is 2.14. The summed E-state index contributed by atoms with van der Waals surface area (Å²) in [6.45, 7) is 5.57. The van der Waals surface area contributed by atoms with E-state index in [1.165, 1.54) is 23.9 Å². The highest BCUT2D eigenvalue weighted by molar-refractivity contribution is 5.78. The molecule has 0 bridgehead atoms. The van der Waals surface area contributed by atoms with Crippen molar-refractivity contribution in [3.63, 3.8) is 0 Å². The molecule has 1 aliphatic rings. The predicted molar refractivity (Wildman–Crippen MR) is 70.1 cm³/mol. The zero-order valence-corrected chi connectivity index (χ0v) is 10.3. The maximum atomic E-state index is 4.53. The van der Waals surface area contributed by atoms with Crippen molar-refractivity contribution >= 4 is 11.0 Å². The quantitative estimate of drug-likeness (QED) is 0.856. The van der Waals surface area contributed by atoms with Crippen molar-refractivity contribution in [2.24, 2.45) is 5.92 Å². The summed E-state index contributed by atoms with van der Waals surface area (Å²) < 4.78 is 2.32. The van der Waals surface area contributed by atoms with Crippen molar-refractivity contribution in [3.8, 4) is 0 Å². The molecule has 1 fully saturated rings. The molecular formula is C14H19N3. The van der Waals surface area contributed by atoms with E-state index in [2.05, 4.69) is 40.0 Å². The Morgan fingerprint density at radius 1 is 1.35 bits per heavy atom. The van der Waals surface area contributed by atoms with Gasteiger partial charge in [0.15, 0.2) is 0 Å². The third kappa shape index (κ3) is 2.07. The van der Waals surface area contributed by atoms with Crippen LogP contribution in [0.25, 0.3) is 11.0 Å². The molecule has 0 radical (unpaired) electrons.